The van der Waals surface area contributed by atoms with E-state index in [4.69, 9.17) is 33.4 Å². The first-order chi connectivity index (χ1) is 70.9. The number of nitrogens with two attached hydrogens (primary N) is 1. The normalized spacial score (nSPS) is 12.1. The average molecular weight is 2070 g/mol. The highest BCUT2D eigenvalue weighted by atomic mass is 79.9. The fourth-order valence-corrected chi connectivity index (χ4v) is 20.0. The summed E-state index contributed by atoms with van der Waals surface area (Å²) < 4.78 is 27.2. The fourth-order valence-electron chi connectivity index (χ4n) is 19.1. The molecule has 0 aliphatic heterocycles. The van der Waals surface area contributed by atoms with Gasteiger partial charge in [-0.05, 0) is 332 Å². The van der Waals surface area contributed by atoms with Gasteiger partial charge in [-0.1, -0.05) is 318 Å². The van der Waals surface area contributed by atoms with Gasteiger partial charge in [-0.2, -0.15) is 0 Å². The molecule has 0 unspecified atom stereocenters. The molecule has 0 bridgehead atoms. The largest absolute Gasteiger partial charge is 0.436 e. The third-order valence-electron chi connectivity index (χ3n) is 26.7. The summed E-state index contributed by atoms with van der Waals surface area (Å²) >= 11 is 10.6. The van der Waals surface area contributed by atoms with Gasteiger partial charge in [0.15, 0.2) is 22.3 Å². The van der Waals surface area contributed by atoms with Crippen LogP contribution >= 0.6 is 47.8 Å². The Balaban J connectivity index is 0.000000129. The van der Waals surface area contributed by atoms with Gasteiger partial charge in [0.1, 0.15) is 22.1 Å². The second-order valence-corrected chi connectivity index (χ2v) is 39.5. The number of nitrogen functional groups attached to an aromatic ring is 1. The van der Waals surface area contributed by atoms with Crippen molar-refractivity contribution < 1.29 is 17.7 Å². The lowest BCUT2D eigenvalue weighted by Gasteiger charge is -2.29. The molecular weight excluding hydrogens is 1980 g/mol. The molecule has 0 fully saturated rings. The molecule has 4 heterocycles. The predicted molar refractivity (Wildman–Crippen MR) is 608 cm³/mol. The number of oxazole rings is 4. The lowest BCUT2D eigenvalue weighted by atomic mass is 9.82. The number of benzene rings is 20. The first kappa shape index (κ1) is 92.9. The van der Waals surface area contributed by atoms with Crippen molar-refractivity contribution in [3.63, 3.8) is 0 Å². The SMILES string of the molecule is Brc1ccc(-c2ccccc2)cc1.CC1(C)c2cc(Br)ccc2-c2ccc(Br)cc21.CC1(C)c2cc(N(c3ccc(-c4ccccc4)cc3)c3ccc(-c4nc5ccccc5o4)cc3)ccc2-c2ccc(N(c3ccc(-c4ccccc4)cc3)c3ccc(-c4nc5ccccc5o4)cc3)cc21.Nc1ccc(-c2nc3ccccc3o2)cc1.c1ccc(-c2ccc(Nc3ccc(-c4nc5ccccc5o4)cc3)cc2)cc1. The first-order valence-electron chi connectivity index (χ1n) is 48.1. The maximum absolute atomic E-state index is 6.17. The van der Waals surface area contributed by atoms with Crippen LogP contribution in [-0.4, -0.2) is 19.9 Å². The molecule has 24 aromatic rings. The van der Waals surface area contributed by atoms with Gasteiger partial charge in [-0.3, -0.25) is 0 Å². The highest BCUT2D eigenvalue weighted by molar-refractivity contribution is 9.11. The molecule has 0 atom stereocenters. The monoisotopic (exact) mass is 2070 g/mol. The van der Waals surface area contributed by atoms with Crippen molar-refractivity contribution in [1.29, 1.82) is 0 Å². The van der Waals surface area contributed by atoms with E-state index >= 15 is 0 Å². The fraction of sp³-hybridized carbons (Fsp3) is 0.0462. The molecule has 700 valence electrons. The topological polar surface area (TPSA) is 149 Å². The number of nitrogens with one attached hydrogen (secondary N) is 1. The summed E-state index contributed by atoms with van der Waals surface area (Å²) in [6, 6.07) is 167. The zero-order valence-corrected chi connectivity index (χ0v) is 84.5. The number of para-hydroxylation sites is 8. The van der Waals surface area contributed by atoms with Gasteiger partial charge in [0.05, 0.1) is 0 Å². The Labute approximate surface area is 867 Å². The lowest BCUT2D eigenvalue weighted by molar-refractivity contribution is 0.619. The van der Waals surface area contributed by atoms with Crippen LogP contribution in [0.5, 0.6) is 0 Å². The quantitative estimate of drug-likeness (QED) is 0.0887. The summed E-state index contributed by atoms with van der Waals surface area (Å²) in [5, 5.41) is 3.44. The molecule has 0 saturated heterocycles. The van der Waals surface area contributed by atoms with Crippen molar-refractivity contribution >= 4 is 143 Å². The minimum atomic E-state index is -0.323. The Kier molecular flexibility index (Phi) is 26.2. The van der Waals surface area contributed by atoms with E-state index in [1.54, 1.807) is 0 Å². The van der Waals surface area contributed by atoms with Gasteiger partial charge < -0.3 is 38.5 Å². The minimum Gasteiger partial charge on any atom is -0.436 e. The maximum atomic E-state index is 6.17. The van der Waals surface area contributed by atoms with Crippen molar-refractivity contribution in [1.82, 2.24) is 19.9 Å². The van der Waals surface area contributed by atoms with E-state index in [-0.39, 0.29) is 10.8 Å². The summed E-state index contributed by atoms with van der Waals surface area (Å²) in [5.74, 6) is 2.47. The molecule has 15 heteroatoms. The number of halogens is 3. The number of fused-ring (bicyclic) bond motifs is 10. The molecular formula is C130H95Br3N8O4. The molecule has 0 saturated carbocycles. The van der Waals surface area contributed by atoms with Crippen LogP contribution in [0, 0.1) is 0 Å². The molecule has 2 aliphatic carbocycles. The molecule has 26 rings (SSSR count). The Bertz CT molecular complexity index is 8260. The van der Waals surface area contributed by atoms with Crippen LogP contribution in [0.3, 0.4) is 0 Å². The number of rotatable bonds is 16. The standard InChI is InChI=1S/C65H46N4O2.C25H18N2O.C15H12Br2.C13H10N2O.C12H9Br/c1-65(2)57-41-53(68(49-29-21-45(22-30-49)43-13-5-3-6-14-43)51-33-25-47(26-34-51)63-66-59-17-9-11-19-61(59)70-63)37-39-55(57)56-40-38-54(42-58(56)65)69(50-31-23-46(24-32-50)44-15-7-4-8-16-44)52-35-27-48(28-36-52)64-67-60-18-10-12-20-62(60)71-64;1-2-6-18(7-3-1)19-10-14-21(15-11-19)26-22-16-12-20(13-17-22)25-27-23-8-4-5-9-24(23)28-25;1-15(2)13-7-9(16)3-5-11(13)12-6-4-10(17)8-14(12)15;14-10-7-5-9(6-8-10)13-15-11-3-1-2-4-12(11)16-13;13-12-8-6-11(7-9-12)10-4-2-1-3-5-10/h3-42H,1-2H3;1-17,26H;3-8H,1-2H3;1-8H,14H2;1-9H. The first-order valence-corrected chi connectivity index (χ1v) is 50.5. The van der Waals surface area contributed by atoms with E-state index in [2.05, 4.69) is 428 Å². The van der Waals surface area contributed by atoms with E-state index in [1.165, 1.54) is 89.0 Å². The molecule has 0 spiro atoms. The van der Waals surface area contributed by atoms with Crippen molar-refractivity contribution in [3.8, 4) is 113 Å². The van der Waals surface area contributed by atoms with Crippen molar-refractivity contribution in [3.05, 3.63) is 521 Å². The zero-order valence-electron chi connectivity index (χ0n) is 79.7. The maximum Gasteiger partial charge on any atom is 0.227 e. The molecule has 12 nitrogen and oxygen atoms in total. The summed E-state index contributed by atoms with van der Waals surface area (Å²) in [7, 11) is 0. The van der Waals surface area contributed by atoms with E-state index in [0.717, 1.165) is 131 Å². The molecule has 145 heavy (non-hydrogen) atoms. The van der Waals surface area contributed by atoms with Gasteiger partial charge in [0, 0.05) is 97.7 Å². The van der Waals surface area contributed by atoms with E-state index < -0.39 is 0 Å². The molecule has 20 aromatic carbocycles. The van der Waals surface area contributed by atoms with Crippen molar-refractivity contribution in [2.24, 2.45) is 0 Å². The van der Waals surface area contributed by atoms with Crippen LogP contribution in [0.25, 0.3) is 157 Å². The number of aromatic nitrogens is 4. The number of anilines is 9. The van der Waals surface area contributed by atoms with Crippen LogP contribution in [0.1, 0.15) is 49.9 Å². The van der Waals surface area contributed by atoms with Crippen LogP contribution in [-0.2, 0) is 10.8 Å². The summed E-state index contributed by atoms with van der Waals surface area (Å²) in [6.07, 6.45) is 0. The van der Waals surface area contributed by atoms with Crippen molar-refractivity contribution in [2.75, 3.05) is 20.9 Å². The van der Waals surface area contributed by atoms with E-state index in [9.17, 15) is 0 Å². The minimum absolute atomic E-state index is 0.0816. The molecule has 2 aliphatic rings. The van der Waals surface area contributed by atoms with Gasteiger partial charge >= 0.3 is 0 Å². The highest BCUT2D eigenvalue weighted by Crippen LogP contribution is 2.55. The lowest BCUT2D eigenvalue weighted by Crippen LogP contribution is -2.17. The summed E-state index contributed by atoms with van der Waals surface area (Å²) in [6.45, 7) is 9.29. The smallest absolute Gasteiger partial charge is 0.227 e. The van der Waals surface area contributed by atoms with Gasteiger partial charge in [0.25, 0.3) is 0 Å². The van der Waals surface area contributed by atoms with Gasteiger partial charge in [0.2, 0.25) is 23.6 Å². The average Bonchev–Trinajstić information content (AvgIpc) is 1.54. The highest BCUT2D eigenvalue weighted by Gasteiger charge is 2.38. The molecule has 0 amide bonds. The zero-order chi connectivity index (χ0) is 98.5. The summed E-state index contributed by atoms with van der Waals surface area (Å²) in [4.78, 5) is 23.2. The van der Waals surface area contributed by atoms with Crippen LogP contribution in [0.2, 0.25) is 0 Å². The summed E-state index contributed by atoms with van der Waals surface area (Å²) in [5.41, 5.74) is 45.1. The van der Waals surface area contributed by atoms with E-state index in [0.29, 0.717) is 23.6 Å². The molecule has 3 N–H and O–H groups in total. The van der Waals surface area contributed by atoms with Crippen LogP contribution in [0.4, 0.5) is 51.2 Å². The third kappa shape index (κ3) is 20.0. The van der Waals surface area contributed by atoms with Gasteiger partial charge in [-0.15, -0.1) is 0 Å². The third-order valence-corrected chi connectivity index (χ3v) is 28.2. The van der Waals surface area contributed by atoms with E-state index in [1.807, 2.05) is 158 Å². The Morgan fingerprint density at radius 1 is 0.214 bits per heavy atom. The number of hydrogen-bond acceptors (Lipinski definition) is 12. The molecule has 4 aromatic heterocycles. The number of hydrogen-bond donors (Lipinski definition) is 2. The Hall–Kier alpha value is -17.1. The Morgan fingerprint density at radius 2 is 0.428 bits per heavy atom. The Morgan fingerprint density at radius 3 is 0.717 bits per heavy atom. The molecule has 0 radical (unpaired) electrons. The van der Waals surface area contributed by atoms with Crippen LogP contribution < -0.4 is 20.9 Å². The number of nitrogens with zero attached hydrogens (tertiary/aromatic N) is 6. The van der Waals surface area contributed by atoms with Gasteiger partial charge in [-0.25, -0.2) is 19.9 Å². The second-order valence-electron chi connectivity index (χ2n) is 36.8. The van der Waals surface area contributed by atoms with Crippen molar-refractivity contribution in [2.45, 2.75) is 38.5 Å². The predicted octanol–water partition coefficient (Wildman–Crippen LogP) is 37.5. The second kappa shape index (κ2) is 40.9. The van der Waals surface area contributed by atoms with Crippen LogP contribution in [0.15, 0.2) is 516 Å².